The molecule has 0 unspecified atom stereocenters. The lowest BCUT2D eigenvalue weighted by Crippen LogP contribution is -2.26. The fraction of sp³-hybridized carbons (Fsp3) is 0.364. The van der Waals surface area contributed by atoms with Gasteiger partial charge in [0.05, 0.1) is 0 Å². The number of carbonyl (C=O) groups is 1. The lowest BCUT2D eigenvalue weighted by molar-refractivity contribution is -0.129. The Morgan fingerprint density at radius 2 is 1.85 bits per heavy atom. The molecule has 2 heteroatoms. The van der Waals surface area contributed by atoms with Crippen LogP contribution >= 0.6 is 0 Å². The second kappa shape index (κ2) is 4.08. The Hall–Kier alpha value is -1.31. The molecule has 1 heterocycles. The Morgan fingerprint density at radius 3 is 2.38 bits per heavy atom. The normalized spacial score (nSPS) is 18.5. The topological polar surface area (TPSA) is 20.3 Å². The summed E-state index contributed by atoms with van der Waals surface area (Å²) in [6.45, 7) is 8.14. The molecule has 0 fully saturated rings. The molecule has 0 aromatic rings. The predicted octanol–water partition coefficient (Wildman–Crippen LogP) is 1.91. The minimum atomic E-state index is 0.191. The van der Waals surface area contributed by atoms with Crippen molar-refractivity contribution in [3.05, 3.63) is 36.5 Å². The van der Waals surface area contributed by atoms with E-state index < -0.39 is 0 Å². The van der Waals surface area contributed by atoms with Crippen LogP contribution in [0.1, 0.15) is 12.8 Å². The number of hydrogen-bond donors (Lipinski definition) is 0. The third-order valence-electron chi connectivity index (χ3n) is 2.35. The third-order valence-corrected chi connectivity index (χ3v) is 2.35. The first-order chi connectivity index (χ1) is 6.19. The van der Waals surface area contributed by atoms with Gasteiger partial charge >= 0.3 is 0 Å². The van der Waals surface area contributed by atoms with Gasteiger partial charge in [-0.25, -0.2) is 0 Å². The zero-order valence-corrected chi connectivity index (χ0v) is 8.05. The molecule has 0 aromatic heterocycles. The van der Waals surface area contributed by atoms with Gasteiger partial charge in [0.2, 0.25) is 5.91 Å². The highest BCUT2D eigenvalue weighted by Crippen LogP contribution is 2.19. The smallest absolute Gasteiger partial charge is 0.222 e. The van der Waals surface area contributed by atoms with Crippen LogP contribution in [0.3, 0.4) is 0 Å². The molecule has 0 aromatic carbocycles. The minimum Gasteiger partial charge on any atom is -0.341 e. The van der Waals surface area contributed by atoms with Crippen molar-refractivity contribution in [1.29, 1.82) is 0 Å². The third kappa shape index (κ3) is 2.08. The summed E-state index contributed by atoms with van der Waals surface area (Å²) in [6, 6.07) is 0. The number of amides is 1. The summed E-state index contributed by atoms with van der Waals surface area (Å²) < 4.78 is 0. The van der Waals surface area contributed by atoms with Gasteiger partial charge in [-0.05, 0) is 17.6 Å². The molecule has 13 heavy (non-hydrogen) atoms. The molecule has 0 bridgehead atoms. The molecule has 1 amide bonds. The molecule has 2 nitrogen and oxygen atoms in total. The van der Waals surface area contributed by atoms with E-state index in [4.69, 9.17) is 0 Å². The van der Waals surface area contributed by atoms with E-state index >= 15 is 0 Å². The van der Waals surface area contributed by atoms with Gasteiger partial charge in [-0.2, -0.15) is 0 Å². The second-order valence-electron chi connectivity index (χ2n) is 3.21. The van der Waals surface area contributed by atoms with Gasteiger partial charge in [0.15, 0.2) is 0 Å². The zero-order chi connectivity index (χ0) is 9.84. The molecular weight excluding hydrogens is 162 g/mol. The molecule has 1 aliphatic heterocycles. The maximum Gasteiger partial charge on any atom is 0.222 e. The molecule has 0 atom stereocenters. The number of nitrogens with zero attached hydrogens (tertiary/aromatic N) is 1. The number of carbonyl (C=O) groups excluding carboxylic acids is 1. The highest BCUT2D eigenvalue weighted by Gasteiger charge is 2.16. The second-order valence-corrected chi connectivity index (χ2v) is 3.21. The average molecular weight is 177 g/mol. The highest BCUT2D eigenvalue weighted by atomic mass is 16.2. The quantitative estimate of drug-likeness (QED) is 0.631. The lowest BCUT2D eigenvalue weighted by Gasteiger charge is -2.14. The van der Waals surface area contributed by atoms with Crippen LogP contribution in [-0.2, 0) is 4.79 Å². The molecule has 0 saturated heterocycles. The monoisotopic (exact) mass is 177 g/mol. The lowest BCUT2D eigenvalue weighted by atomic mass is 10.0. The number of hydrogen-bond acceptors (Lipinski definition) is 1. The summed E-state index contributed by atoms with van der Waals surface area (Å²) in [5.41, 5.74) is 2.26. The fourth-order valence-electron chi connectivity index (χ4n) is 1.47. The average Bonchev–Trinajstić information content (AvgIpc) is 2.27. The summed E-state index contributed by atoms with van der Waals surface area (Å²) in [5, 5.41) is 0. The van der Waals surface area contributed by atoms with Gasteiger partial charge in [0.1, 0.15) is 0 Å². The minimum absolute atomic E-state index is 0.191. The maximum absolute atomic E-state index is 11.4. The van der Waals surface area contributed by atoms with Gasteiger partial charge in [-0.1, -0.05) is 25.3 Å². The van der Waals surface area contributed by atoms with Crippen LogP contribution in [0.5, 0.6) is 0 Å². The number of likely N-dealkylation sites (N-methyl/N-ethyl adjacent to an activating group) is 1. The van der Waals surface area contributed by atoms with E-state index in [2.05, 4.69) is 13.2 Å². The number of allylic oxidation sites excluding steroid dienone is 2. The van der Waals surface area contributed by atoms with E-state index in [1.165, 1.54) is 0 Å². The van der Waals surface area contributed by atoms with Crippen LogP contribution in [0.15, 0.2) is 36.5 Å². The van der Waals surface area contributed by atoms with E-state index in [1.54, 1.807) is 4.90 Å². The Kier molecular flexibility index (Phi) is 3.07. The van der Waals surface area contributed by atoms with Crippen molar-refractivity contribution in [2.75, 3.05) is 13.6 Å². The summed E-state index contributed by atoms with van der Waals surface area (Å²) in [5.74, 6) is 0.191. The maximum atomic E-state index is 11.4. The van der Waals surface area contributed by atoms with Gasteiger partial charge in [-0.15, -0.1) is 0 Å². The van der Waals surface area contributed by atoms with E-state index in [1.807, 2.05) is 19.2 Å². The molecule has 0 radical (unpaired) electrons. The van der Waals surface area contributed by atoms with Crippen molar-refractivity contribution < 1.29 is 4.79 Å². The summed E-state index contributed by atoms with van der Waals surface area (Å²) in [7, 11) is 1.82. The van der Waals surface area contributed by atoms with Gasteiger partial charge < -0.3 is 4.90 Å². The Labute approximate surface area is 79.2 Å². The molecular formula is C11H15NO. The SMILES string of the molecule is C=CC1=C(C=C)CN(C)C(=O)CC1. The standard InChI is InChI=1S/C11H15NO/c1-4-9-6-7-11(13)12(3)8-10(9)5-2/h4-5H,1-2,6-8H2,3H3. The van der Waals surface area contributed by atoms with Gasteiger partial charge in [0, 0.05) is 20.0 Å². The molecule has 1 aliphatic rings. The van der Waals surface area contributed by atoms with Crippen LogP contribution in [0, 0.1) is 0 Å². The van der Waals surface area contributed by atoms with Crippen LogP contribution in [0.2, 0.25) is 0 Å². The van der Waals surface area contributed by atoms with E-state index in [9.17, 15) is 4.79 Å². The van der Waals surface area contributed by atoms with Crippen molar-refractivity contribution in [2.45, 2.75) is 12.8 Å². The van der Waals surface area contributed by atoms with Crippen LogP contribution in [0.25, 0.3) is 0 Å². The van der Waals surface area contributed by atoms with Crippen LogP contribution in [-0.4, -0.2) is 24.4 Å². The van der Waals surface area contributed by atoms with Crippen molar-refractivity contribution in [3.63, 3.8) is 0 Å². The molecule has 0 N–H and O–H groups in total. The predicted molar refractivity (Wildman–Crippen MR) is 54.3 cm³/mol. The summed E-state index contributed by atoms with van der Waals surface area (Å²) >= 11 is 0. The first-order valence-corrected chi connectivity index (χ1v) is 4.40. The summed E-state index contributed by atoms with van der Waals surface area (Å²) in [4.78, 5) is 13.1. The van der Waals surface area contributed by atoms with E-state index in [0.717, 1.165) is 17.6 Å². The van der Waals surface area contributed by atoms with Crippen molar-refractivity contribution in [2.24, 2.45) is 0 Å². The number of rotatable bonds is 2. The van der Waals surface area contributed by atoms with Gasteiger partial charge in [-0.3, -0.25) is 4.79 Å². The highest BCUT2D eigenvalue weighted by molar-refractivity contribution is 5.77. The van der Waals surface area contributed by atoms with Crippen LogP contribution in [0.4, 0.5) is 0 Å². The van der Waals surface area contributed by atoms with Crippen molar-refractivity contribution in [1.82, 2.24) is 4.90 Å². The van der Waals surface area contributed by atoms with Crippen molar-refractivity contribution in [3.8, 4) is 0 Å². The Balaban J connectivity index is 2.94. The van der Waals surface area contributed by atoms with Crippen molar-refractivity contribution >= 4 is 5.91 Å². The molecule has 0 spiro atoms. The molecule has 0 saturated carbocycles. The fourth-order valence-corrected chi connectivity index (χ4v) is 1.47. The van der Waals surface area contributed by atoms with E-state index in [0.29, 0.717) is 13.0 Å². The largest absolute Gasteiger partial charge is 0.341 e. The molecule has 70 valence electrons. The first kappa shape index (κ1) is 9.78. The zero-order valence-electron chi connectivity index (χ0n) is 8.05. The summed E-state index contributed by atoms with van der Waals surface area (Å²) in [6.07, 6.45) is 5.00. The van der Waals surface area contributed by atoms with Crippen LogP contribution < -0.4 is 0 Å². The molecule has 0 aliphatic carbocycles. The molecule has 1 rings (SSSR count). The Bertz CT molecular complexity index is 276. The van der Waals surface area contributed by atoms with E-state index in [-0.39, 0.29) is 5.91 Å². The first-order valence-electron chi connectivity index (χ1n) is 4.40. The van der Waals surface area contributed by atoms with Gasteiger partial charge in [0.25, 0.3) is 0 Å². The Morgan fingerprint density at radius 1 is 1.23 bits per heavy atom.